The lowest BCUT2D eigenvalue weighted by Gasteiger charge is -2.21. The van der Waals surface area contributed by atoms with Crippen LogP contribution in [0.25, 0.3) is 5.69 Å². The van der Waals surface area contributed by atoms with Crippen molar-refractivity contribution in [2.45, 2.75) is 44.9 Å². The van der Waals surface area contributed by atoms with Gasteiger partial charge in [-0.05, 0) is 68.0 Å². The van der Waals surface area contributed by atoms with Crippen molar-refractivity contribution >= 4 is 17.7 Å². The molecule has 0 unspecified atom stereocenters. The van der Waals surface area contributed by atoms with Crippen LogP contribution in [0.15, 0.2) is 53.7 Å². The number of ether oxygens (including phenoxy) is 2. The number of amides is 1. The van der Waals surface area contributed by atoms with Gasteiger partial charge in [-0.2, -0.15) is 4.68 Å². The number of nitrogens with one attached hydrogen (secondary N) is 2. The molecule has 0 radical (unpaired) electrons. The Balaban J connectivity index is 1.47. The molecule has 0 saturated carbocycles. The molecule has 2 N–H and O–H groups in total. The van der Waals surface area contributed by atoms with Crippen molar-refractivity contribution in [2.75, 3.05) is 25.5 Å². The Morgan fingerprint density at radius 1 is 1.09 bits per heavy atom. The molecule has 182 valence electrons. The molecule has 3 aromatic rings. The summed E-state index contributed by atoms with van der Waals surface area (Å²) in [7, 11) is 0. The van der Waals surface area contributed by atoms with Crippen LogP contribution in [-0.4, -0.2) is 57.2 Å². The van der Waals surface area contributed by atoms with Crippen LogP contribution in [0.3, 0.4) is 0 Å². The molecule has 0 fully saturated rings. The standard InChI is InChI=1S/C24H32N6O3S/c1-5-32-21-15-18(11-12-20(21)33-17-22(31)26-24(2,3)4)16-25-13-14-34-23-27-28-29-30(23)19-9-7-6-8-10-19/h6-12,15,25H,5,13-14,16-17H2,1-4H3,(H,26,31). The molecule has 1 amide bonds. The Bertz CT molecular complexity index is 1050. The third kappa shape index (κ3) is 8.03. The molecular weight excluding hydrogens is 452 g/mol. The van der Waals surface area contributed by atoms with Gasteiger partial charge in [-0.25, -0.2) is 0 Å². The number of thioether (sulfide) groups is 1. The first-order valence-corrected chi connectivity index (χ1v) is 12.2. The number of hydrogen-bond donors (Lipinski definition) is 2. The highest BCUT2D eigenvalue weighted by Crippen LogP contribution is 2.28. The summed E-state index contributed by atoms with van der Waals surface area (Å²) >= 11 is 1.59. The number of aromatic nitrogens is 4. The third-order valence-corrected chi connectivity index (χ3v) is 5.38. The van der Waals surface area contributed by atoms with Crippen LogP contribution in [0.1, 0.15) is 33.3 Å². The minimum atomic E-state index is -0.301. The van der Waals surface area contributed by atoms with Gasteiger partial charge in [0.15, 0.2) is 18.1 Å². The molecule has 10 heteroatoms. The second-order valence-corrected chi connectivity index (χ2v) is 9.60. The molecule has 0 aliphatic rings. The van der Waals surface area contributed by atoms with E-state index in [0.717, 1.165) is 28.7 Å². The molecule has 0 aliphatic carbocycles. The zero-order valence-electron chi connectivity index (χ0n) is 20.1. The van der Waals surface area contributed by atoms with Crippen LogP contribution < -0.4 is 20.1 Å². The van der Waals surface area contributed by atoms with Crippen LogP contribution in [0, 0.1) is 0 Å². The van der Waals surface area contributed by atoms with E-state index < -0.39 is 0 Å². The predicted octanol–water partition coefficient (Wildman–Crippen LogP) is 3.24. The molecule has 3 rings (SSSR count). The third-order valence-electron chi connectivity index (χ3n) is 4.46. The maximum absolute atomic E-state index is 12.1. The van der Waals surface area contributed by atoms with E-state index in [1.807, 2.05) is 76.2 Å². The predicted molar refractivity (Wildman–Crippen MR) is 133 cm³/mol. The van der Waals surface area contributed by atoms with Crippen LogP contribution in [-0.2, 0) is 11.3 Å². The summed E-state index contributed by atoms with van der Waals surface area (Å²) in [5.74, 6) is 1.83. The highest BCUT2D eigenvalue weighted by Gasteiger charge is 2.15. The zero-order chi connectivity index (χ0) is 24.4. The summed E-state index contributed by atoms with van der Waals surface area (Å²) in [5, 5.41) is 19.1. The average molecular weight is 485 g/mol. The Kier molecular flexibility index (Phi) is 9.29. The number of rotatable bonds is 12. The highest BCUT2D eigenvalue weighted by atomic mass is 32.2. The largest absolute Gasteiger partial charge is 0.490 e. The molecule has 0 bridgehead atoms. The van der Waals surface area contributed by atoms with Crippen molar-refractivity contribution in [1.29, 1.82) is 0 Å². The maximum atomic E-state index is 12.1. The zero-order valence-corrected chi connectivity index (χ0v) is 20.9. The Morgan fingerprint density at radius 2 is 1.88 bits per heavy atom. The SMILES string of the molecule is CCOc1cc(CNCCSc2nnnn2-c2ccccc2)ccc1OCC(=O)NC(C)(C)C. The van der Waals surface area contributed by atoms with Crippen molar-refractivity contribution in [3.63, 3.8) is 0 Å². The lowest BCUT2D eigenvalue weighted by atomic mass is 10.1. The van der Waals surface area contributed by atoms with Crippen molar-refractivity contribution in [3.05, 3.63) is 54.1 Å². The average Bonchev–Trinajstić information content (AvgIpc) is 3.26. The number of tetrazole rings is 1. The minimum Gasteiger partial charge on any atom is -0.490 e. The summed E-state index contributed by atoms with van der Waals surface area (Å²) in [6, 6.07) is 15.6. The van der Waals surface area contributed by atoms with E-state index in [1.54, 1.807) is 16.4 Å². The first-order chi connectivity index (χ1) is 16.4. The summed E-state index contributed by atoms with van der Waals surface area (Å²) in [6.45, 7) is 9.62. The van der Waals surface area contributed by atoms with Gasteiger partial charge in [0.1, 0.15) is 0 Å². The number of para-hydroxylation sites is 1. The minimum absolute atomic E-state index is 0.0609. The molecule has 34 heavy (non-hydrogen) atoms. The van der Waals surface area contributed by atoms with Gasteiger partial charge in [0.2, 0.25) is 5.16 Å². The second-order valence-electron chi connectivity index (χ2n) is 8.54. The first kappa shape index (κ1) is 25.5. The lowest BCUT2D eigenvalue weighted by Crippen LogP contribution is -2.43. The smallest absolute Gasteiger partial charge is 0.258 e. The molecule has 0 atom stereocenters. The van der Waals surface area contributed by atoms with E-state index >= 15 is 0 Å². The molecule has 0 spiro atoms. The topological polar surface area (TPSA) is 103 Å². The molecular formula is C24H32N6O3S. The second kappa shape index (κ2) is 12.4. The Morgan fingerprint density at radius 3 is 2.62 bits per heavy atom. The number of benzene rings is 2. The highest BCUT2D eigenvalue weighted by molar-refractivity contribution is 7.99. The normalized spacial score (nSPS) is 11.3. The summed E-state index contributed by atoms with van der Waals surface area (Å²) in [5.41, 5.74) is 1.70. The number of hydrogen-bond acceptors (Lipinski definition) is 8. The number of carbonyl (C=O) groups excluding carboxylic acids is 1. The van der Waals surface area contributed by atoms with Gasteiger partial charge in [-0.3, -0.25) is 4.79 Å². The molecule has 0 aliphatic heterocycles. The van der Waals surface area contributed by atoms with Gasteiger partial charge in [0.05, 0.1) is 12.3 Å². The lowest BCUT2D eigenvalue weighted by molar-refractivity contribution is -0.124. The van der Waals surface area contributed by atoms with Crippen molar-refractivity contribution < 1.29 is 14.3 Å². The Hall–Kier alpha value is -3.11. The number of carbonyl (C=O) groups is 1. The van der Waals surface area contributed by atoms with E-state index in [-0.39, 0.29) is 18.1 Å². The molecule has 0 saturated heterocycles. The van der Waals surface area contributed by atoms with Gasteiger partial charge < -0.3 is 20.1 Å². The van der Waals surface area contributed by atoms with Crippen LogP contribution in [0.5, 0.6) is 11.5 Å². The van der Waals surface area contributed by atoms with E-state index in [2.05, 4.69) is 26.2 Å². The first-order valence-electron chi connectivity index (χ1n) is 11.2. The number of nitrogens with zero attached hydrogens (tertiary/aromatic N) is 4. The fourth-order valence-corrected chi connectivity index (χ4v) is 3.88. The molecule has 9 nitrogen and oxygen atoms in total. The molecule has 1 heterocycles. The molecule has 2 aromatic carbocycles. The quantitative estimate of drug-likeness (QED) is 0.298. The van der Waals surface area contributed by atoms with Gasteiger partial charge >= 0.3 is 0 Å². The van der Waals surface area contributed by atoms with Crippen molar-refractivity contribution in [2.24, 2.45) is 0 Å². The monoisotopic (exact) mass is 484 g/mol. The summed E-state index contributed by atoms with van der Waals surface area (Å²) in [4.78, 5) is 12.1. The van der Waals surface area contributed by atoms with Gasteiger partial charge in [-0.15, -0.1) is 5.10 Å². The van der Waals surface area contributed by atoms with E-state index in [4.69, 9.17) is 9.47 Å². The summed E-state index contributed by atoms with van der Waals surface area (Å²) < 4.78 is 13.2. The van der Waals surface area contributed by atoms with Crippen LogP contribution in [0.4, 0.5) is 0 Å². The van der Waals surface area contributed by atoms with E-state index in [1.165, 1.54) is 0 Å². The fraction of sp³-hybridized carbons (Fsp3) is 0.417. The van der Waals surface area contributed by atoms with Crippen LogP contribution in [0.2, 0.25) is 0 Å². The Labute approximate surface area is 204 Å². The van der Waals surface area contributed by atoms with Gasteiger partial charge in [-0.1, -0.05) is 36.0 Å². The fourth-order valence-electron chi connectivity index (χ4n) is 3.09. The van der Waals surface area contributed by atoms with E-state index in [0.29, 0.717) is 24.7 Å². The van der Waals surface area contributed by atoms with Gasteiger partial charge in [0, 0.05) is 24.4 Å². The maximum Gasteiger partial charge on any atom is 0.258 e. The van der Waals surface area contributed by atoms with E-state index in [9.17, 15) is 4.79 Å². The molecule has 1 aromatic heterocycles. The van der Waals surface area contributed by atoms with Crippen molar-refractivity contribution in [1.82, 2.24) is 30.8 Å². The van der Waals surface area contributed by atoms with Crippen LogP contribution >= 0.6 is 11.8 Å². The van der Waals surface area contributed by atoms with Crippen molar-refractivity contribution in [3.8, 4) is 17.2 Å². The summed E-state index contributed by atoms with van der Waals surface area (Å²) in [6.07, 6.45) is 0. The van der Waals surface area contributed by atoms with Gasteiger partial charge in [0.25, 0.3) is 5.91 Å².